The van der Waals surface area contributed by atoms with Gasteiger partial charge in [-0.25, -0.2) is 4.21 Å². The van der Waals surface area contributed by atoms with Crippen molar-refractivity contribution in [1.29, 1.82) is 0 Å². The maximum absolute atomic E-state index is 12.8. The minimum atomic E-state index is -4.74. The molecule has 0 bridgehead atoms. The van der Waals surface area contributed by atoms with E-state index in [1.807, 2.05) is 32.9 Å². The standard InChI is InChI=1S/C22H25F3N2O4S/c1-13-10-15(4-9-19(13)26-12-32(29)30)14(2)27-20(28)18-11-21(18,3)16-5-7-17(8-6-16)31-22(23,24)25/h4-10,14,18,26H,11-12H2,1-3H3,(H,27,28)(H,29,30)/t14-,18?,21?/m1/s1. The Morgan fingerprint density at radius 1 is 1.28 bits per heavy atom. The van der Waals surface area contributed by atoms with Gasteiger partial charge in [0.2, 0.25) is 5.91 Å². The highest BCUT2D eigenvalue weighted by Crippen LogP contribution is 2.54. The van der Waals surface area contributed by atoms with Crippen LogP contribution in [-0.2, 0) is 21.3 Å². The van der Waals surface area contributed by atoms with E-state index in [0.29, 0.717) is 6.42 Å². The molecule has 0 aromatic heterocycles. The number of rotatable bonds is 8. The molecule has 1 saturated carbocycles. The van der Waals surface area contributed by atoms with Crippen LogP contribution in [0.25, 0.3) is 0 Å². The quantitative estimate of drug-likeness (QED) is 0.490. The van der Waals surface area contributed by atoms with Gasteiger partial charge in [-0.2, -0.15) is 0 Å². The van der Waals surface area contributed by atoms with Gasteiger partial charge in [-0.1, -0.05) is 31.2 Å². The summed E-state index contributed by atoms with van der Waals surface area (Å²) in [4.78, 5) is 12.8. The highest BCUT2D eigenvalue weighted by atomic mass is 32.2. The lowest BCUT2D eigenvalue weighted by molar-refractivity contribution is -0.274. The zero-order chi connectivity index (χ0) is 23.7. The Balaban J connectivity index is 1.60. The van der Waals surface area contributed by atoms with Crippen LogP contribution >= 0.6 is 0 Å². The molecule has 0 aliphatic heterocycles. The lowest BCUT2D eigenvalue weighted by Crippen LogP contribution is -2.30. The number of hydrogen-bond donors (Lipinski definition) is 3. The molecule has 0 saturated heterocycles. The summed E-state index contributed by atoms with van der Waals surface area (Å²) in [5.41, 5.74) is 2.85. The van der Waals surface area contributed by atoms with Gasteiger partial charge < -0.3 is 19.9 Å². The summed E-state index contributed by atoms with van der Waals surface area (Å²) in [5.74, 6) is -0.763. The number of halogens is 3. The topological polar surface area (TPSA) is 87.7 Å². The smallest absolute Gasteiger partial charge is 0.406 e. The average molecular weight is 471 g/mol. The Morgan fingerprint density at radius 2 is 1.94 bits per heavy atom. The third-order valence-corrected chi connectivity index (χ3v) is 6.19. The summed E-state index contributed by atoms with van der Waals surface area (Å²) < 4.78 is 60.6. The Hall–Kier alpha value is -2.59. The minimum Gasteiger partial charge on any atom is -0.406 e. The van der Waals surface area contributed by atoms with Crippen LogP contribution in [0.15, 0.2) is 42.5 Å². The molecular weight excluding hydrogens is 445 g/mol. The number of amides is 1. The van der Waals surface area contributed by atoms with Gasteiger partial charge in [-0.15, -0.1) is 13.2 Å². The van der Waals surface area contributed by atoms with Crippen LogP contribution in [0.5, 0.6) is 5.75 Å². The molecule has 0 radical (unpaired) electrons. The maximum Gasteiger partial charge on any atom is 0.573 e. The summed E-state index contributed by atoms with van der Waals surface area (Å²) in [6.45, 7) is 5.65. The van der Waals surface area contributed by atoms with Crippen molar-refractivity contribution in [2.24, 2.45) is 5.92 Å². The zero-order valence-electron chi connectivity index (χ0n) is 17.8. The molecule has 10 heteroatoms. The molecule has 6 nitrogen and oxygen atoms in total. The van der Waals surface area contributed by atoms with E-state index in [0.717, 1.165) is 22.4 Å². The zero-order valence-corrected chi connectivity index (χ0v) is 18.6. The molecule has 0 heterocycles. The number of alkyl halides is 3. The van der Waals surface area contributed by atoms with Gasteiger partial charge in [0, 0.05) is 17.0 Å². The number of hydrogen-bond acceptors (Lipinski definition) is 4. The third-order valence-electron chi connectivity index (χ3n) is 5.80. The number of aryl methyl sites for hydroxylation is 1. The Kier molecular flexibility index (Phi) is 6.85. The fourth-order valence-corrected chi connectivity index (χ4v) is 4.07. The van der Waals surface area contributed by atoms with E-state index in [1.54, 1.807) is 18.2 Å². The molecule has 1 aliphatic rings. The Labute approximate surface area is 186 Å². The second kappa shape index (κ2) is 9.11. The van der Waals surface area contributed by atoms with E-state index in [1.165, 1.54) is 12.1 Å². The van der Waals surface area contributed by atoms with Crippen LogP contribution in [0.1, 0.15) is 43.0 Å². The molecule has 2 aromatic rings. The van der Waals surface area contributed by atoms with Gasteiger partial charge in [0.25, 0.3) is 0 Å². The molecule has 3 unspecified atom stereocenters. The number of ether oxygens (including phenoxy) is 1. The number of benzene rings is 2. The number of nitrogens with one attached hydrogen (secondary N) is 2. The Morgan fingerprint density at radius 3 is 2.50 bits per heavy atom. The van der Waals surface area contributed by atoms with Crippen LogP contribution in [0.4, 0.5) is 18.9 Å². The van der Waals surface area contributed by atoms with Gasteiger partial charge in [0.15, 0.2) is 11.1 Å². The second-order valence-corrected chi connectivity index (χ2v) is 9.13. The number of anilines is 1. The highest BCUT2D eigenvalue weighted by molar-refractivity contribution is 7.79. The molecule has 174 valence electrons. The molecule has 1 aliphatic carbocycles. The maximum atomic E-state index is 12.8. The summed E-state index contributed by atoms with van der Waals surface area (Å²) in [6, 6.07) is 10.9. The van der Waals surface area contributed by atoms with E-state index < -0.39 is 22.9 Å². The Bertz CT molecular complexity index is 1010. The average Bonchev–Trinajstić information content (AvgIpc) is 3.39. The van der Waals surface area contributed by atoms with Crippen LogP contribution < -0.4 is 15.4 Å². The second-order valence-electron chi connectivity index (χ2n) is 8.19. The fraction of sp³-hybridized carbons (Fsp3) is 0.409. The summed E-state index contributed by atoms with van der Waals surface area (Å²) >= 11 is -1.95. The van der Waals surface area contributed by atoms with E-state index in [-0.39, 0.29) is 29.5 Å². The monoisotopic (exact) mass is 470 g/mol. The predicted octanol–water partition coefficient (Wildman–Crippen LogP) is 4.64. The fourth-order valence-electron chi connectivity index (χ4n) is 3.79. The van der Waals surface area contributed by atoms with Gasteiger partial charge in [0.05, 0.1) is 6.04 Å². The number of carbonyl (C=O) groups is 1. The lowest BCUT2D eigenvalue weighted by atomic mass is 9.95. The van der Waals surface area contributed by atoms with E-state index >= 15 is 0 Å². The van der Waals surface area contributed by atoms with Crippen molar-refractivity contribution < 1.29 is 31.5 Å². The van der Waals surface area contributed by atoms with E-state index in [2.05, 4.69) is 15.4 Å². The largest absolute Gasteiger partial charge is 0.573 e. The molecule has 1 fully saturated rings. The van der Waals surface area contributed by atoms with Crippen LogP contribution in [-0.4, -0.2) is 26.9 Å². The first-order valence-corrected chi connectivity index (χ1v) is 11.2. The predicted molar refractivity (Wildman–Crippen MR) is 116 cm³/mol. The van der Waals surface area contributed by atoms with Crippen molar-refractivity contribution in [3.63, 3.8) is 0 Å². The van der Waals surface area contributed by atoms with Crippen molar-refractivity contribution in [1.82, 2.24) is 5.32 Å². The highest BCUT2D eigenvalue weighted by Gasteiger charge is 2.55. The molecule has 2 aromatic carbocycles. The van der Waals surface area contributed by atoms with Crippen molar-refractivity contribution in [2.45, 2.75) is 45.0 Å². The van der Waals surface area contributed by atoms with Crippen LogP contribution in [0.2, 0.25) is 0 Å². The first-order valence-electron chi connectivity index (χ1n) is 9.97. The molecule has 1 amide bonds. The minimum absolute atomic E-state index is 0.0734. The molecular formula is C22H25F3N2O4S. The molecule has 0 spiro atoms. The summed E-state index contributed by atoms with van der Waals surface area (Å²) in [7, 11) is 0. The van der Waals surface area contributed by atoms with Crippen LogP contribution in [0.3, 0.4) is 0 Å². The normalized spacial score (nSPS) is 22.0. The van der Waals surface area contributed by atoms with Gasteiger partial charge in [-0.3, -0.25) is 4.79 Å². The van der Waals surface area contributed by atoms with E-state index in [9.17, 15) is 22.2 Å². The number of carbonyl (C=O) groups excluding carboxylic acids is 1. The van der Waals surface area contributed by atoms with Gasteiger partial charge in [0.1, 0.15) is 11.6 Å². The first kappa shape index (κ1) is 24.1. The van der Waals surface area contributed by atoms with Gasteiger partial charge in [-0.05, 0) is 55.2 Å². The molecule has 3 rings (SSSR count). The lowest BCUT2D eigenvalue weighted by Gasteiger charge is -2.18. The third kappa shape index (κ3) is 5.80. The first-order chi connectivity index (χ1) is 14.9. The summed E-state index contributed by atoms with van der Waals surface area (Å²) in [6.07, 6.45) is -4.14. The van der Waals surface area contributed by atoms with Crippen molar-refractivity contribution in [3.8, 4) is 5.75 Å². The van der Waals surface area contributed by atoms with E-state index in [4.69, 9.17) is 4.55 Å². The van der Waals surface area contributed by atoms with Crippen molar-refractivity contribution >= 4 is 22.7 Å². The molecule has 32 heavy (non-hydrogen) atoms. The van der Waals surface area contributed by atoms with Crippen LogP contribution in [0, 0.1) is 12.8 Å². The van der Waals surface area contributed by atoms with Crippen molar-refractivity contribution in [2.75, 3.05) is 11.2 Å². The molecule has 3 N–H and O–H groups in total. The summed E-state index contributed by atoms with van der Waals surface area (Å²) in [5, 5.41) is 5.89. The SMILES string of the molecule is Cc1cc([C@@H](C)NC(=O)C2CC2(C)c2ccc(OC(F)(F)F)cc2)ccc1NCS(=O)O. The van der Waals surface area contributed by atoms with Gasteiger partial charge >= 0.3 is 6.36 Å². The molecule has 4 atom stereocenters. The van der Waals surface area contributed by atoms with Crippen molar-refractivity contribution in [3.05, 3.63) is 59.2 Å².